The average molecular weight is 248 g/mol. The summed E-state index contributed by atoms with van der Waals surface area (Å²) in [6.07, 6.45) is 0.194. The maximum atomic E-state index is 11.2. The normalized spacial score (nSPS) is 10.9. The molecule has 0 aromatic rings. The molecule has 0 aliphatic heterocycles. The van der Waals surface area contributed by atoms with Crippen LogP contribution in [0.4, 0.5) is 0 Å². The second kappa shape index (κ2) is 12.9. The summed E-state index contributed by atoms with van der Waals surface area (Å²) in [7, 11) is 1.49. The summed E-state index contributed by atoms with van der Waals surface area (Å²) in [6, 6.07) is -0.389. The van der Waals surface area contributed by atoms with Gasteiger partial charge in [0.25, 0.3) is 0 Å². The third kappa shape index (κ3) is 12.8. The Labute approximate surface area is 103 Å². The van der Waals surface area contributed by atoms with E-state index in [1.54, 1.807) is 0 Å². The number of carbonyl (C=O) groups excluding carboxylic acids is 2. The molecule has 2 amide bonds. The van der Waals surface area contributed by atoms with E-state index < -0.39 is 0 Å². The highest BCUT2D eigenvalue weighted by atomic mass is 16.5. The average Bonchev–Trinajstić information content (AvgIpc) is 2.30. The number of ether oxygens (including phenoxy) is 1. The highest BCUT2D eigenvalue weighted by molar-refractivity contribution is 5.78. The summed E-state index contributed by atoms with van der Waals surface area (Å²) in [5, 5.41) is 13.9. The molecule has 0 saturated carbocycles. The summed E-state index contributed by atoms with van der Waals surface area (Å²) < 4.78 is 4.79. The van der Waals surface area contributed by atoms with Crippen molar-refractivity contribution in [3.63, 3.8) is 0 Å². The fourth-order valence-electron chi connectivity index (χ4n) is 0.993. The Morgan fingerprint density at radius 1 is 1.35 bits per heavy atom. The van der Waals surface area contributed by atoms with Crippen LogP contribution in [0, 0.1) is 0 Å². The molecule has 0 aliphatic carbocycles. The highest BCUT2D eigenvalue weighted by Gasteiger charge is 2.10. The van der Waals surface area contributed by atoms with Crippen LogP contribution in [0.3, 0.4) is 0 Å². The van der Waals surface area contributed by atoms with Crippen molar-refractivity contribution in [1.29, 1.82) is 0 Å². The zero-order valence-corrected chi connectivity index (χ0v) is 11.1. The van der Waals surface area contributed by atoms with Gasteiger partial charge in [0.15, 0.2) is 0 Å². The molecule has 0 bridgehead atoms. The zero-order chi connectivity index (χ0) is 13.7. The molecule has 0 aliphatic rings. The standard InChI is InChI=1S/C9H18N2O4.C2H6/c1-7(13)10-4-3-9(14)11-8(5-12)6-15-2;1-2/h8,12H,3-6H2,1-2H3,(H,10,13)(H,11,14);1-2H3. The van der Waals surface area contributed by atoms with Crippen molar-refractivity contribution in [2.75, 3.05) is 26.9 Å². The van der Waals surface area contributed by atoms with E-state index in [-0.39, 0.29) is 37.5 Å². The van der Waals surface area contributed by atoms with Crippen LogP contribution < -0.4 is 10.6 Å². The minimum atomic E-state index is -0.389. The molecule has 0 rings (SSSR count). The summed E-state index contributed by atoms with van der Waals surface area (Å²) in [5.41, 5.74) is 0. The molecule has 0 aromatic carbocycles. The van der Waals surface area contributed by atoms with Crippen LogP contribution in [0.2, 0.25) is 0 Å². The number of nitrogens with one attached hydrogen (secondary N) is 2. The van der Waals surface area contributed by atoms with Gasteiger partial charge in [-0.15, -0.1) is 0 Å². The third-order valence-electron chi connectivity index (χ3n) is 1.68. The van der Waals surface area contributed by atoms with Gasteiger partial charge in [0.1, 0.15) is 0 Å². The van der Waals surface area contributed by atoms with Crippen LogP contribution in [-0.2, 0) is 14.3 Å². The summed E-state index contributed by atoms with van der Waals surface area (Å²) in [4.78, 5) is 21.7. The molecule has 0 aromatic heterocycles. The first-order chi connectivity index (χ1) is 8.10. The fourth-order valence-corrected chi connectivity index (χ4v) is 0.993. The maximum Gasteiger partial charge on any atom is 0.222 e. The second-order valence-corrected chi connectivity index (χ2v) is 3.14. The van der Waals surface area contributed by atoms with Gasteiger partial charge < -0.3 is 20.5 Å². The Hall–Kier alpha value is -1.14. The highest BCUT2D eigenvalue weighted by Crippen LogP contribution is 1.86. The van der Waals surface area contributed by atoms with Crippen molar-refractivity contribution >= 4 is 11.8 Å². The van der Waals surface area contributed by atoms with Crippen LogP contribution in [0.1, 0.15) is 27.2 Å². The van der Waals surface area contributed by atoms with Gasteiger partial charge in [0.2, 0.25) is 11.8 Å². The summed E-state index contributed by atoms with van der Waals surface area (Å²) in [6.45, 7) is 5.79. The first-order valence-electron chi connectivity index (χ1n) is 5.73. The van der Waals surface area contributed by atoms with Crippen LogP contribution >= 0.6 is 0 Å². The largest absolute Gasteiger partial charge is 0.394 e. The van der Waals surface area contributed by atoms with Gasteiger partial charge in [0, 0.05) is 27.0 Å². The quantitative estimate of drug-likeness (QED) is 0.575. The molecule has 3 N–H and O–H groups in total. The lowest BCUT2D eigenvalue weighted by atomic mass is 10.3. The van der Waals surface area contributed by atoms with Gasteiger partial charge in [-0.25, -0.2) is 0 Å². The molecule has 0 heterocycles. The van der Waals surface area contributed by atoms with E-state index in [9.17, 15) is 9.59 Å². The molecule has 17 heavy (non-hydrogen) atoms. The number of aliphatic hydroxyl groups excluding tert-OH is 1. The molecular weight excluding hydrogens is 224 g/mol. The monoisotopic (exact) mass is 248 g/mol. The number of carbonyl (C=O) groups is 2. The predicted octanol–water partition coefficient (Wildman–Crippen LogP) is -0.338. The van der Waals surface area contributed by atoms with E-state index in [1.807, 2.05) is 13.8 Å². The van der Waals surface area contributed by atoms with Crippen molar-refractivity contribution in [3.05, 3.63) is 0 Å². The van der Waals surface area contributed by atoms with Crippen molar-refractivity contribution in [2.24, 2.45) is 0 Å². The lowest BCUT2D eigenvalue weighted by Crippen LogP contribution is -2.41. The van der Waals surface area contributed by atoms with Gasteiger partial charge in [-0.2, -0.15) is 0 Å². The molecule has 0 fully saturated rings. The Morgan fingerprint density at radius 3 is 2.35 bits per heavy atom. The van der Waals surface area contributed by atoms with E-state index in [2.05, 4.69) is 10.6 Å². The molecule has 0 spiro atoms. The third-order valence-corrected chi connectivity index (χ3v) is 1.68. The molecule has 1 unspecified atom stereocenters. The van der Waals surface area contributed by atoms with E-state index in [0.717, 1.165) is 0 Å². The van der Waals surface area contributed by atoms with Crippen molar-refractivity contribution in [2.45, 2.75) is 33.2 Å². The number of rotatable bonds is 7. The topological polar surface area (TPSA) is 87.7 Å². The van der Waals surface area contributed by atoms with Crippen LogP contribution in [-0.4, -0.2) is 49.8 Å². The number of amides is 2. The smallest absolute Gasteiger partial charge is 0.222 e. The fraction of sp³-hybridized carbons (Fsp3) is 0.818. The van der Waals surface area contributed by atoms with Crippen molar-refractivity contribution in [1.82, 2.24) is 10.6 Å². The van der Waals surface area contributed by atoms with Gasteiger partial charge in [0.05, 0.1) is 19.3 Å². The molecule has 0 saturated heterocycles. The van der Waals surface area contributed by atoms with Crippen molar-refractivity contribution < 1.29 is 19.4 Å². The van der Waals surface area contributed by atoms with E-state index in [0.29, 0.717) is 6.54 Å². The number of hydrogen-bond donors (Lipinski definition) is 3. The van der Waals surface area contributed by atoms with Crippen LogP contribution in [0.15, 0.2) is 0 Å². The Bertz CT molecular complexity index is 210. The van der Waals surface area contributed by atoms with Crippen LogP contribution in [0.5, 0.6) is 0 Å². The molecule has 0 radical (unpaired) electrons. The first-order valence-corrected chi connectivity index (χ1v) is 5.73. The maximum absolute atomic E-state index is 11.2. The van der Waals surface area contributed by atoms with E-state index in [1.165, 1.54) is 14.0 Å². The number of methoxy groups -OCH3 is 1. The molecule has 6 heteroatoms. The van der Waals surface area contributed by atoms with Gasteiger partial charge in [-0.05, 0) is 0 Å². The van der Waals surface area contributed by atoms with Crippen LogP contribution in [0.25, 0.3) is 0 Å². The minimum absolute atomic E-state index is 0.167. The lowest BCUT2D eigenvalue weighted by molar-refractivity contribution is -0.122. The Morgan fingerprint density at radius 2 is 1.94 bits per heavy atom. The summed E-state index contributed by atoms with van der Waals surface area (Å²) >= 11 is 0. The van der Waals surface area contributed by atoms with Gasteiger partial charge in [-0.1, -0.05) is 13.8 Å². The second-order valence-electron chi connectivity index (χ2n) is 3.14. The predicted molar refractivity (Wildman–Crippen MR) is 65.5 cm³/mol. The number of hydrogen-bond acceptors (Lipinski definition) is 4. The lowest BCUT2D eigenvalue weighted by Gasteiger charge is -2.14. The first kappa shape index (κ1) is 18.2. The van der Waals surface area contributed by atoms with Gasteiger partial charge in [-0.3, -0.25) is 9.59 Å². The minimum Gasteiger partial charge on any atom is -0.394 e. The molecular formula is C11H24N2O4. The summed E-state index contributed by atoms with van der Waals surface area (Å²) in [5.74, 6) is -0.391. The zero-order valence-electron chi connectivity index (χ0n) is 11.1. The van der Waals surface area contributed by atoms with Gasteiger partial charge >= 0.3 is 0 Å². The SMILES string of the molecule is CC.COCC(CO)NC(=O)CCNC(C)=O. The molecule has 102 valence electrons. The van der Waals surface area contributed by atoms with Crippen molar-refractivity contribution in [3.8, 4) is 0 Å². The number of aliphatic hydroxyl groups is 1. The molecule has 6 nitrogen and oxygen atoms in total. The van der Waals surface area contributed by atoms with E-state index >= 15 is 0 Å². The Kier molecular flexibility index (Phi) is 13.9. The Balaban J connectivity index is 0. The molecule has 1 atom stereocenters. The van der Waals surface area contributed by atoms with E-state index in [4.69, 9.17) is 9.84 Å².